The fourth-order valence-electron chi connectivity index (χ4n) is 6.26. The Morgan fingerprint density at radius 2 is 1.74 bits per heavy atom. The first-order valence-electron chi connectivity index (χ1n) is 13.4. The number of aryl methyl sites for hydroxylation is 1. The molecule has 0 aromatic carbocycles. The molecule has 1 saturated carbocycles. The minimum atomic E-state index is -0.122. The van der Waals surface area contributed by atoms with E-state index in [0.29, 0.717) is 5.92 Å². The van der Waals surface area contributed by atoms with E-state index in [0.717, 1.165) is 87.2 Å². The highest BCUT2D eigenvalue weighted by Gasteiger charge is 2.36. The van der Waals surface area contributed by atoms with Crippen molar-refractivity contribution in [3.8, 4) is 0 Å². The van der Waals surface area contributed by atoms with Crippen LogP contribution < -0.4 is 10.2 Å². The summed E-state index contributed by atoms with van der Waals surface area (Å²) in [4.78, 5) is 33.7. The third-order valence-corrected chi connectivity index (χ3v) is 9.22. The van der Waals surface area contributed by atoms with Crippen LogP contribution in [0.15, 0.2) is 6.20 Å². The molecular weight excluding hydrogens is 444 g/mol. The number of fused-ring (bicyclic) bond motifs is 1. The Bertz CT molecular complexity index is 1030. The Morgan fingerprint density at radius 1 is 0.912 bits per heavy atom. The average Bonchev–Trinajstić information content (AvgIpc) is 3.65. The minimum absolute atomic E-state index is 0.122. The lowest BCUT2D eigenvalue weighted by Crippen LogP contribution is -2.48. The van der Waals surface area contributed by atoms with Crippen molar-refractivity contribution >= 4 is 34.1 Å². The van der Waals surface area contributed by atoms with Crippen molar-refractivity contribution < 1.29 is 4.79 Å². The molecule has 0 radical (unpaired) electrons. The molecule has 0 bridgehead atoms. The second-order valence-corrected chi connectivity index (χ2v) is 11.5. The summed E-state index contributed by atoms with van der Waals surface area (Å²) in [5, 5.41) is 4.50. The van der Waals surface area contributed by atoms with E-state index < -0.39 is 0 Å². The zero-order valence-electron chi connectivity index (χ0n) is 20.1. The number of hydrogen-bond donors (Lipinski definition) is 1. The standard InChI is InChI=1S/C26H36N6OS/c33-24(31-14-5-2-6-15-31)21-13-8-16-32(21)25-28-20-12-7-11-19(20)23(29-25)30-26-27-17-22(34-26)18-9-3-1-4-10-18/h17-18,21H,1-16H2,(H,27,28,29,30). The Morgan fingerprint density at radius 3 is 2.59 bits per heavy atom. The van der Waals surface area contributed by atoms with Gasteiger partial charge in [0, 0.05) is 36.3 Å². The van der Waals surface area contributed by atoms with Gasteiger partial charge >= 0.3 is 0 Å². The second-order valence-electron chi connectivity index (χ2n) is 10.4. The topological polar surface area (TPSA) is 74.2 Å². The summed E-state index contributed by atoms with van der Waals surface area (Å²) in [6, 6.07) is -0.122. The van der Waals surface area contributed by atoms with E-state index in [2.05, 4.69) is 21.3 Å². The van der Waals surface area contributed by atoms with E-state index in [4.69, 9.17) is 15.0 Å². The van der Waals surface area contributed by atoms with E-state index in [1.54, 1.807) is 11.3 Å². The molecule has 1 unspecified atom stereocenters. The van der Waals surface area contributed by atoms with Crippen LogP contribution in [0, 0.1) is 0 Å². The lowest BCUT2D eigenvalue weighted by atomic mass is 9.89. The van der Waals surface area contributed by atoms with Crippen LogP contribution in [0.4, 0.5) is 16.9 Å². The van der Waals surface area contributed by atoms with Crippen LogP contribution in [0.25, 0.3) is 0 Å². The molecule has 2 saturated heterocycles. The number of carbonyl (C=O) groups excluding carboxylic acids is 1. The van der Waals surface area contributed by atoms with Crippen molar-refractivity contribution in [3.63, 3.8) is 0 Å². The van der Waals surface area contributed by atoms with E-state index in [-0.39, 0.29) is 11.9 Å². The summed E-state index contributed by atoms with van der Waals surface area (Å²) >= 11 is 1.79. The molecule has 1 N–H and O–H groups in total. The number of anilines is 3. The maximum Gasteiger partial charge on any atom is 0.245 e. The van der Waals surface area contributed by atoms with Gasteiger partial charge in [0.1, 0.15) is 11.9 Å². The number of rotatable bonds is 5. The largest absolute Gasteiger partial charge is 0.341 e. The normalized spacial score (nSPS) is 23.4. The third-order valence-electron chi connectivity index (χ3n) is 8.14. The number of nitrogens with one attached hydrogen (secondary N) is 1. The summed E-state index contributed by atoms with van der Waals surface area (Å²) in [6.07, 6.45) is 17.2. The van der Waals surface area contributed by atoms with Gasteiger partial charge < -0.3 is 15.1 Å². The van der Waals surface area contributed by atoms with Crippen LogP contribution in [0.1, 0.15) is 92.7 Å². The number of amides is 1. The molecule has 0 spiro atoms. The summed E-state index contributed by atoms with van der Waals surface area (Å²) in [5.41, 5.74) is 2.38. The highest BCUT2D eigenvalue weighted by molar-refractivity contribution is 7.15. The maximum absolute atomic E-state index is 13.4. The second kappa shape index (κ2) is 9.80. The zero-order chi connectivity index (χ0) is 22.9. The number of hydrogen-bond acceptors (Lipinski definition) is 7. The minimum Gasteiger partial charge on any atom is -0.341 e. The molecule has 2 aliphatic heterocycles. The fraction of sp³-hybridized carbons (Fsp3) is 0.692. The number of likely N-dealkylation sites (tertiary alicyclic amines) is 1. The fourth-order valence-corrected chi connectivity index (χ4v) is 7.24. The summed E-state index contributed by atoms with van der Waals surface area (Å²) in [6.45, 7) is 2.65. The summed E-state index contributed by atoms with van der Waals surface area (Å²) in [5.74, 6) is 2.56. The van der Waals surface area contributed by atoms with E-state index in [1.807, 2.05) is 0 Å². The quantitative estimate of drug-likeness (QED) is 0.634. The number of nitrogens with zero attached hydrogens (tertiary/aromatic N) is 5. The van der Waals surface area contributed by atoms with Crippen molar-refractivity contribution in [3.05, 3.63) is 22.3 Å². The van der Waals surface area contributed by atoms with Crippen LogP contribution >= 0.6 is 11.3 Å². The molecule has 1 amide bonds. The molecule has 2 aromatic rings. The van der Waals surface area contributed by atoms with Gasteiger partial charge in [0.15, 0.2) is 5.13 Å². The van der Waals surface area contributed by atoms with Crippen molar-refractivity contribution in [2.24, 2.45) is 0 Å². The predicted molar refractivity (Wildman–Crippen MR) is 136 cm³/mol. The highest BCUT2D eigenvalue weighted by Crippen LogP contribution is 2.38. The smallest absolute Gasteiger partial charge is 0.245 e. The summed E-state index contributed by atoms with van der Waals surface area (Å²) < 4.78 is 0. The van der Waals surface area contributed by atoms with Crippen LogP contribution in [0.5, 0.6) is 0 Å². The Balaban J connectivity index is 1.24. The van der Waals surface area contributed by atoms with Gasteiger partial charge in [0.2, 0.25) is 11.9 Å². The van der Waals surface area contributed by atoms with Gasteiger partial charge in [0.25, 0.3) is 0 Å². The Labute approximate surface area is 206 Å². The number of piperidine rings is 1. The first-order chi connectivity index (χ1) is 16.8. The van der Waals surface area contributed by atoms with Crippen LogP contribution in [0.3, 0.4) is 0 Å². The highest BCUT2D eigenvalue weighted by atomic mass is 32.1. The van der Waals surface area contributed by atoms with Crippen molar-refractivity contribution in [1.82, 2.24) is 19.9 Å². The molecular formula is C26H36N6OS. The predicted octanol–water partition coefficient (Wildman–Crippen LogP) is 5.19. The Kier molecular flexibility index (Phi) is 6.41. The molecule has 6 rings (SSSR count). The maximum atomic E-state index is 13.4. The van der Waals surface area contributed by atoms with Crippen molar-refractivity contribution in [1.29, 1.82) is 0 Å². The number of aromatic nitrogens is 3. The SMILES string of the molecule is O=C(C1CCCN1c1nc2c(c(Nc3ncc(C4CCCCC4)s3)n1)CCC2)N1CCCCC1. The molecule has 2 aromatic heterocycles. The van der Waals surface area contributed by atoms with Gasteiger partial charge in [0.05, 0.1) is 5.69 Å². The first-order valence-corrected chi connectivity index (χ1v) is 14.3. The van der Waals surface area contributed by atoms with Gasteiger partial charge in [-0.05, 0) is 70.1 Å². The van der Waals surface area contributed by atoms with E-state index in [9.17, 15) is 4.79 Å². The van der Waals surface area contributed by atoms with E-state index in [1.165, 1.54) is 49.0 Å². The first kappa shape index (κ1) is 22.3. The van der Waals surface area contributed by atoms with E-state index >= 15 is 0 Å². The third kappa shape index (κ3) is 4.41. The van der Waals surface area contributed by atoms with Crippen molar-refractivity contribution in [2.45, 2.75) is 95.4 Å². The Hall–Kier alpha value is -2.22. The lowest BCUT2D eigenvalue weighted by Gasteiger charge is -2.32. The zero-order valence-corrected chi connectivity index (χ0v) is 20.9. The van der Waals surface area contributed by atoms with Gasteiger partial charge in [-0.15, -0.1) is 11.3 Å². The van der Waals surface area contributed by atoms with Crippen molar-refractivity contribution in [2.75, 3.05) is 29.9 Å². The van der Waals surface area contributed by atoms with Crippen LogP contribution in [-0.4, -0.2) is 51.4 Å². The van der Waals surface area contributed by atoms with Gasteiger partial charge in [-0.1, -0.05) is 19.3 Å². The molecule has 3 fully saturated rings. The van der Waals surface area contributed by atoms with Gasteiger partial charge in [-0.25, -0.2) is 9.97 Å². The van der Waals surface area contributed by atoms with Crippen LogP contribution in [-0.2, 0) is 17.6 Å². The van der Waals surface area contributed by atoms with Gasteiger partial charge in [-0.3, -0.25) is 4.79 Å². The summed E-state index contributed by atoms with van der Waals surface area (Å²) in [7, 11) is 0. The molecule has 4 aliphatic rings. The molecule has 2 aliphatic carbocycles. The monoisotopic (exact) mass is 480 g/mol. The van der Waals surface area contributed by atoms with Gasteiger partial charge in [-0.2, -0.15) is 4.98 Å². The molecule has 34 heavy (non-hydrogen) atoms. The lowest BCUT2D eigenvalue weighted by molar-refractivity contribution is -0.133. The molecule has 182 valence electrons. The molecule has 8 heteroatoms. The molecule has 1 atom stereocenters. The molecule has 7 nitrogen and oxygen atoms in total. The van der Waals surface area contributed by atoms with Crippen LogP contribution in [0.2, 0.25) is 0 Å². The molecule has 4 heterocycles. The average molecular weight is 481 g/mol. The number of thiazole rings is 1. The number of carbonyl (C=O) groups is 1.